The first-order valence-corrected chi connectivity index (χ1v) is 8.69. The Hall–Kier alpha value is -2.43. The van der Waals surface area contributed by atoms with Crippen molar-refractivity contribution in [3.8, 4) is 0 Å². The van der Waals surface area contributed by atoms with Gasteiger partial charge in [0.2, 0.25) is 5.91 Å². The number of aryl methyl sites for hydroxylation is 1. The molecule has 1 N–H and O–H groups in total. The van der Waals surface area contributed by atoms with Gasteiger partial charge in [-0.2, -0.15) is 0 Å². The summed E-state index contributed by atoms with van der Waals surface area (Å²) in [6.45, 7) is 2.51. The van der Waals surface area contributed by atoms with Crippen LogP contribution < -0.4 is 10.2 Å². The number of rotatable bonds is 7. The van der Waals surface area contributed by atoms with Crippen molar-refractivity contribution in [1.82, 2.24) is 15.3 Å². The molecule has 0 bridgehead atoms. The summed E-state index contributed by atoms with van der Waals surface area (Å²) in [7, 11) is 0. The van der Waals surface area contributed by atoms with Crippen LogP contribution in [0, 0.1) is 0 Å². The molecule has 1 aliphatic heterocycles. The van der Waals surface area contributed by atoms with Crippen LogP contribution in [0.2, 0.25) is 0 Å². The normalized spacial score (nSPS) is 13.9. The molecule has 2 heterocycles. The lowest BCUT2D eigenvalue weighted by molar-refractivity contribution is -0.121. The third-order valence-corrected chi connectivity index (χ3v) is 4.28. The van der Waals surface area contributed by atoms with Gasteiger partial charge < -0.3 is 10.2 Å². The number of nitrogens with zero attached hydrogens (tertiary/aromatic N) is 3. The smallest absolute Gasteiger partial charge is 0.220 e. The number of carbonyl (C=O) groups is 1. The van der Waals surface area contributed by atoms with Crippen molar-refractivity contribution in [1.29, 1.82) is 0 Å². The van der Waals surface area contributed by atoms with Gasteiger partial charge >= 0.3 is 0 Å². The standard InChI is InChI=1S/C19H24N4O/c24-19(10-6-9-16-7-2-1-3-8-16)21-15-17-20-12-11-18(22-17)23-13-4-5-14-23/h1-3,7-8,11-12H,4-6,9-10,13-15H2,(H,21,24). The van der Waals surface area contributed by atoms with Crippen molar-refractivity contribution >= 4 is 11.7 Å². The van der Waals surface area contributed by atoms with E-state index < -0.39 is 0 Å². The molecule has 0 atom stereocenters. The van der Waals surface area contributed by atoms with Gasteiger partial charge in [0.15, 0.2) is 0 Å². The van der Waals surface area contributed by atoms with Gasteiger partial charge in [0.05, 0.1) is 6.54 Å². The molecule has 5 heteroatoms. The van der Waals surface area contributed by atoms with Crippen molar-refractivity contribution < 1.29 is 4.79 Å². The van der Waals surface area contributed by atoms with Crippen LogP contribution in [0.1, 0.15) is 37.1 Å². The van der Waals surface area contributed by atoms with E-state index in [1.807, 2.05) is 24.3 Å². The molecule has 24 heavy (non-hydrogen) atoms. The summed E-state index contributed by atoms with van der Waals surface area (Å²) in [5.41, 5.74) is 1.27. The maximum atomic E-state index is 12.0. The minimum atomic E-state index is 0.0566. The average Bonchev–Trinajstić information content (AvgIpc) is 3.16. The van der Waals surface area contributed by atoms with E-state index in [1.165, 1.54) is 18.4 Å². The maximum Gasteiger partial charge on any atom is 0.220 e. The first-order chi connectivity index (χ1) is 11.8. The number of hydrogen-bond acceptors (Lipinski definition) is 4. The Morgan fingerprint density at radius 2 is 1.92 bits per heavy atom. The van der Waals surface area contributed by atoms with E-state index in [2.05, 4.69) is 32.3 Å². The first kappa shape index (κ1) is 16.4. The van der Waals surface area contributed by atoms with Crippen LogP contribution in [-0.2, 0) is 17.8 Å². The van der Waals surface area contributed by atoms with Crippen molar-refractivity contribution in [3.05, 3.63) is 54.0 Å². The van der Waals surface area contributed by atoms with Gasteiger partial charge in [-0.25, -0.2) is 9.97 Å². The van der Waals surface area contributed by atoms with Crippen LogP contribution >= 0.6 is 0 Å². The predicted octanol–water partition coefficient (Wildman–Crippen LogP) is 2.72. The molecular weight excluding hydrogens is 300 g/mol. The summed E-state index contributed by atoms with van der Waals surface area (Å²) in [5, 5.41) is 2.92. The summed E-state index contributed by atoms with van der Waals surface area (Å²) in [4.78, 5) is 23.1. The summed E-state index contributed by atoms with van der Waals surface area (Å²) in [6, 6.07) is 12.2. The van der Waals surface area contributed by atoms with E-state index >= 15 is 0 Å². The van der Waals surface area contributed by atoms with Gasteiger partial charge in [0.1, 0.15) is 11.6 Å². The monoisotopic (exact) mass is 324 g/mol. The van der Waals surface area contributed by atoms with Crippen molar-refractivity contribution in [2.75, 3.05) is 18.0 Å². The molecule has 1 amide bonds. The third kappa shape index (κ3) is 4.78. The molecule has 3 rings (SSSR count). The van der Waals surface area contributed by atoms with Gasteiger partial charge in [-0.15, -0.1) is 0 Å². The highest BCUT2D eigenvalue weighted by molar-refractivity contribution is 5.75. The number of hydrogen-bond donors (Lipinski definition) is 1. The molecule has 5 nitrogen and oxygen atoms in total. The van der Waals surface area contributed by atoms with E-state index in [1.54, 1.807) is 6.20 Å². The molecule has 1 saturated heterocycles. The van der Waals surface area contributed by atoms with Crippen LogP contribution in [0.5, 0.6) is 0 Å². The fourth-order valence-electron chi connectivity index (χ4n) is 2.96. The van der Waals surface area contributed by atoms with Crippen molar-refractivity contribution in [3.63, 3.8) is 0 Å². The largest absolute Gasteiger partial charge is 0.357 e. The molecule has 2 aromatic rings. The van der Waals surface area contributed by atoms with Gasteiger partial charge in [-0.05, 0) is 37.3 Å². The van der Waals surface area contributed by atoms with Gasteiger partial charge in [0, 0.05) is 25.7 Å². The van der Waals surface area contributed by atoms with Gasteiger partial charge in [-0.3, -0.25) is 4.79 Å². The van der Waals surface area contributed by atoms with E-state index in [0.29, 0.717) is 18.8 Å². The second-order valence-electron chi connectivity index (χ2n) is 6.14. The summed E-state index contributed by atoms with van der Waals surface area (Å²) in [6.07, 6.45) is 6.52. The van der Waals surface area contributed by atoms with E-state index in [9.17, 15) is 4.79 Å². The number of aromatic nitrogens is 2. The Labute approximate surface area is 143 Å². The van der Waals surface area contributed by atoms with Gasteiger partial charge in [0.25, 0.3) is 0 Å². The zero-order chi connectivity index (χ0) is 16.6. The van der Waals surface area contributed by atoms with Crippen LogP contribution in [0.3, 0.4) is 0 Å². The molecule has 1 fully saturated rings. The SMILES string of the molecule is O=C(CCCc1ccccc1)NCc1nccc(N2CCCC2)n1. The Morgan fingerprint density at radius 3 is 2.71 bits per heavy atom. The molecule has 1 aromatic heterocycles. The van der Waals surface area contributed by atoms with E-state index in [4.69, 9.17) is 0 Å². The lowest BCUT2D eigenvalue weighted by atomic mass is 10.1. The highest BCUT2D eigenvalue weighted by Crippen LogP contribution is 2.16. The molecular formula is C19H24N4O. The number of amides is 1. The third-order valence-electron chi connectivity index (χ3n) is 4.28. The minimum absolute atomic E-state index is 0.0566. The maximum absolute atomic E-state index is 12.0. The van der Waals surface area contributed by atoms with E-state index in [-0.39, 0.29) is 5.91 Å². The minimum Gasteiger partial charge on any atom is -0.357 e. The fraction of sp³-hybridized carbons (Fsp3) is 0.421. The quantitative estimate of drug-likeness (QED) is 0.851. The molecule has 1 aromatic carbocycles. The second-order valence-corrected chi connectivity index (χ2v) is 6.14. The molecule has 126 valence electrons. The Bertz CT molecular complexity index is 653. The van der Waals surface area contributed by atoms with Crippen LogP contribution in [0.25, 0.3) is 0 Å². The molecule has 0 unspecified atom stereocenters. The topological polar surface area (TPSA) is 58.1 Å². The zero-order valence-electron chi connectivity index (χ0n) is 13.9. The number of nitrogens with one attached hydrogen (secondary N) is 1. The lowest BCUT2D eigenvalue weighted by Gasteiger charge is -2.16. The molecule has 0 saturated carbocycles. The average molecular weight is 324 g/mol. The number of benzene rings is 1. The highest BCUT2D eigenvalue weighted by Gasteiger charge is 2.14. The Kier molecular flexibility index (Phi) is 5.77. The summed E-state index contributed by atoms with van der Waals surface area (Å²) >= 11 is 0. The van der Waals surface area contributed by atoms with Crippen LogP contribution in [0.4, 0.5) is 5.82 Å². The Morgan fingerprint density at radius 1 is 1.12 bits per heavy atom. The number of carbonyl (C=O) groups excluding carboxylic acids is 1. The molecule has 0 spiro atoms. The summed E-state index contributed by atoms with van der Waals surface area (Å²) < 4.78 is 0. The lowest BCUT2D eigenvalue weighted by Crippen LogP contribution is -2.25. The second kappa shape index (κ2) is 8.43. The van der Waals surface area contributed by atoms with E-state index in [0.717, 1.165) is 31.7 Å². The Balaban J connectivity index is 1.42. The fourth-order valence-corrected chi connectivity index (χ4v) is 2.96. The first-order valence-electron chi connectivity index (χ1n) is 8.69. The summed E-state index contributed by atoms with van der Waals surface area (Å²) in [5.74, 6) is 1.70. The predicted molar refractivity (Wildman–Crippen MR) is 94.7 cm³/mol. The number of anilines is 1. The highest BCUT2D eigenvalue weighted by atomic mass is 16.1. The van der Waals surface area contributed by atoms with Gasteiger partial charge in [-0.1, -0.05) is 30.3 Å². The van der Waals surface area contributed by atoms with Crippen molar-refractivity contribution in [2.45, 2.75) is 38.6 Å². The van der Waals surface area contributed by atoms with Crippen molar-refractivity contribution in [2.24, 2.45) is 0 Å². The van der Waals surface area contributed by atoms with Crippen LogP contribution in [-0.4, -0.2) is 29.0 Å². The molecule has 1 aliphatic rings. The zero-order valence-corrected chi connectivity index (χ0v) is 13.9. The van der Waals surface area contributed by atoms with Crippen LogP contribution in [0.15, 0.2) is 42.6 Å². The molecule has 0 aliphatic carbocycles. The molecule has 0 radical (unpaired) electrons.